The van der Waals surface area contributed by atoms with Gasteiger partial charge in [0.1, 0.15) is 37.2 Å². The van der Waals surface area contributed by atoms with Crippen molar-refractivity contribution in [3.05, 3.63) is 35.9 Å². The number of aliphatic hydroxyl groups excluding tert-OH is 3. The van der Waals surface area contributed by atoms with E-state index in [2.05, 4.69) is 5.32 Å². The highest BCUT2D eigenvalue weighted by Gasteiger charge is 2.56. The molecule has 1 aromatic rings. The number of aliphatic carboxylic acids is 1. The number of carbonyl (C=O) groups is 2. The van der Waals surface area contributed by atoms with E-state index < -0.39 is 48.4 Å². The van der Waals surface area contributed by atoms with Crippen molar-refractivity contribution >= 4 is 12.1 Å². The molecule has 2 heterocycles. The van der Waals surface area contributed by atoms with Gasteiger partial charge in [0.05, 0.1) is 13.2 Å². The number of nitrogens with one attached hydrogen (secondary N) is 1. The normalized spacial score (nSPS) is 30.8. The van der Waals surface area contributed by atoms with E-state index in [0.29, 0.717) is 19.4 Å². The van der Waals surface area contributed by atoms with Crippen LogP contribution < -0.4 is 5.32 Å². The van der Waals surface area contributed by atoms with Crippen molar-refractivity contribution in [1.82, 2.24) is 10.2 Å². The number of amides is 1. The van der Waals surface area contributed by atoms with Crippen molar-refractivity contribution in [2.45, 2.75) is 69.2 Å². The zero-order chi connectivity index (χ0) is 24.0. The fraction of sp³-hybridized carbons (Fsp3) is 0.636. The second-order valence-corrected chi connectivity index (χ2v) is 8.41. The van der Waals surface area contributed by atoms with Gasteiger partial charge in [-0.3, -0.25) is 4.90 Å². The average molecular weight is 469 g/mol. The van der Waals surface area contributed by atoms with E-state index in [1.54, 1.807) is 19.1 Å². The molecule has 1 spiro atoms. The Morgan fingerprint density at radius 1 is 1.24 bits per heavy atom. The third-order valence-electron chi connectivity index (χ3n) is 5.97. The Bertz CT molecular complexity index is 795. The quantitative estimate of drug-likeness (QED) is 0.313. The number of carbonyl (C=O) groups excluding carboxylic acids is 1. The van der Waals surface area contributed by atoms with Gasteiger partial charge in [0, 0.05) is 6.54 Å². The first-order valence-corrected chi connectivity index (χ1v) is 11.0. The summed E-state index contributed by atoms with van der Waals surface area (Å²) in [5.74, 6) is -2.55. The van der Waals surface area contributed by atoms with Crippen LogP contribution in [-0.2, 0) is 25.6 Å². The van der Waals surface area contributed by atoms with Gasteiger partial charge in [0.25, 0.3) is 0 Å². The van der Waals surface area contributed by atoms with Crippen molar-refractivity contribution in [3.63, 3.8) is 0 Å². The molecule has 184 valence electrons. The maximum Gasteiger partial charge on any atom is 0.408 e. The molecule has 0 radical (unpaired) electrons. The lowest BCUT2D eigenvalue weighted by Gasteiger charge is -2.41. The third kappa shape index (κ3) is 6.40. The van der Waals surface area contributed by atoms with E-state index in [-0.39, 0.29) is 26.2 Å². The molecule has 2 aliphatic rings. The van der Waals surface area contributed by atoms with Crippen LogP contribution in [0.25, 0.3) is 0 Å². The van der Waals surface area contributed by atoms with Crippen LogP contribution in [0.5, 0.6) is 0 Å². The third-order valence-corrected chi connectivity index (χ3v) is 5.97. The minimum absolute atomic E-state index is 0.0489. The number of hydrogen-bond donors (Lipinski definition) is 5. The molecule has 11 nitrogen and oxygen atoms in total. The van der Waals surface area contributed by atoms with Crippen LogP contribution in [0, 0.1) is 0 Å². The summed E-state index contributed by atoms with van der Waals surface area (Å²) in [6.45, 7) is 2.42. The number of rotatable bonds is 9. The smallest absolute Gasteiger partial charge is 0.408 e. The first kappa shape index (κ1) is 25.3. The van der Waals surface area contributed by atoms with Crippen LogP contribution in [0.4, 0.5) is 4.79 Å². The number of benzene rings is 1. The second-order valence-electron chi connectivity index (χ2n) is 8.41. The van der Waals surface area contributed by atoms with E-state index in [1.807, 2.05) is 23.1 Å². The molecule has 1 amide bonds. The summed E-state index contributed by atoms with van der Waals surface area (Å²) < 4.78 is 16.4. The molecule has 6 atom stereocenters. The molecule has 33 heavy (non-hydrogen) atoms. The number of alkyl carbamates (subject to hydrolysis) is 1. The van der Waals surface area contributed by atoms with Gasteiger partial charge in [-0.1, -0.05) is 30.3 Å². The van der Waals surface area contributed by atoms with Crippen molar-refractivity contribution in [2.75, 3.05) is 19.7 Å². The number of carboxylic acids is 1. The molecule has 0 aliphatic carbocycles. The lowest BCUT2D eigenvalue weighted by molar-refractivity contribution is -0.324. The summed E-state index contributed by atoms with van der Waals surface area (Å²) in [7, 11) is 0. The summed E-state index contributed by atoms with van der Waals surface area (Å²) >= 11 is 0. The van der Waals surface area contributed by atoms with Gasteiger partial charge in [-0.15, -0.1) is 0 Å². The molecule has 2 aliphatic heterocycles. The van der Waals surface area contributed by atoms with Crippen molar-refractivity contribution in [3.8, 4) is 0 Å². The van der Waals surface area contributed by atoms with Crippen LogP contribution in [0.1, 0.15) is 31.7 Å². The monoisotopic (exact) mass is 468 g/mol. The molecule has 2 saturated heterocycles. The van der Waals surface area contributed by atoms with Gasteiger partial charge in [-0.2, -0.15) is 0 Å². The molecule has 0 saturated carbocycles. The highest BCUT2D eigenvalue weighted by Crippen LogP contribution is 2.35. The van der Waals surface area contributed by atoms with E-state index in [0.717, 1.165) is 5.56 Å². The molecule has 0 bridgehead atoms. The first-order chi connectivity index (χ1) is 15.7. The van der Waals surface area contributed by atoms with Crippen LogP contribution in [0.3, 0.4) is 0 Å². The van der Waals surface area contributed by atoms with Crippen LogP contribution >= 0.6 is 0 Å². The van der Waals surface area contributed by atoms with Crippen LogP contribution in [0.15, 0.2) is 30.3 Å². The van der Waals surface area contributed by atoms with Crippen LogP contribution in [0.2, 0.25) is 0 Å². The van der Waals surface area contributed by atoms with Gasteiger partial charge < -0.3 is 40.0 Å². The van der Waals surface area contributed by atoms with Gasteiger partial charge in [0.15, 0.2) is 0 Å². The van der Waals surface area contributed by atoms with E-state index in [1.165, 1.54) is 0 Å². The molecule has 0 aromatic heterocycles. The number of carboxylic acid groups (broad SMARTS) is 1. The van der Waals surface area contributed by atoms with Crippen molar-refractivity contribution in [1.29, 1.82) is 0 Å². The standard InChI is InChI=1S/C22H32N2O9/c1-14-24(13-22(33-14)19(27)18(26)17(25)12-32-22)10-6-5-9-16(20(28)29)23-21(30)31-11-15-7-3-2-4-8-15/h2-4,7-8,14,16-19,25-27H,5-6,9-13H2,1H3,(H,23,30)(H,28,29)/t14?,16?,17?,18-,19?,22+/m1/s1. The lowest BCUT2D eigenvalue weighted by Crippen LogP contribution is -2.62. The Hall–Kier alpha value is -2.28. The summed E-state index contributed by atoms with van der Waals surface area (Å²) in [6.07, 6.45) is -3.80. The first-order valence-electron chi connectivity index (χ1n) is 11.0. The minimum atomic E-state index is -1.41. The Morgan fingerprint density at radius 3 is 2.67 bits per heavy atom. The molecule has 1 aromatic carbocycles. The Morgan fingerprint density at radius 2 is 1.97 bits per heavy atom. The lowest BCUT2D eigenvalue weighted by atomic mass is 9.97. The molecule has 4 unspecified atom stereocenters. The fourth-order valence-corrected chi connectivity index (χ4v) is 4.02. The number of unbranched alkanes of at least 4 members (excludes halogenated alkanes) is 1. The predicted molar refractivity (Wildman–Crippen MR) is 114 cm³/mol. The highest BCUT2D eigenvalue weighted by atomic mass is 16.7. The minimum Gasteiger partial charge on any atom is -0.480 e. The Kier molecular flexibility index (Phi) is 8.63. The topological polar surface area (TPSA) is 158 Å². The highest BCUT2D eigenvalue weighted by molar-refractivity contribution is 5.79. The Balaban J connectivity index is 1.41. The maximum atomic E-state index is 12.0. The fourth-order valence-electron chi connectivity index (χ4n) is 4.02. The zero-order valence-corrected chi connectivity index (χ0v) is 18.5. The molecular formula is C22H32N2O9. The number of hydrogen-bond acceptors (Lipinski definition) is 9. The summed E-state index contributed by atoms with van der Waals surface area (Å²) in [6, 6.07) is 8.00. The molecule has 5 N–H and O–H groups in total. The predicted octanol–water partition coefficient (Wildman–Crippen LogP) is 0.0237. The largest absolute Gasteiger partial charge is 0.480 e. The number of nitrogens with zero attached hydrogens (tertiary/aromatic N) is 1. The molecule has 2 fully saturated rings. The van der Waals surface area contributed by atoms with Gasteiger partial charge in [-0.05, 0) is 31.7 Å². The molecular weight excluding hydrogens is 436 g/mol. The summed E-state index contributed by atoms with van der Waals surface area (Å²) in [5, 5.41) is 41.8. The summed E-state index contributed by atoms with van der Waals surface area (Å²) in [5.41, 5.74) is 0.799. The second kappa shape index (κ2) is 11.2. The SMILES string of the molecule is CC1O[C@]2(CN1CCCCC(NC(=O)OCc1ccccc1)C(=O)O)OCC(O)[C@@H](O)C2O. The molecule has 3 rings (SSSR count). The maximum absolute atomic E-state index is 12.0. The van der Waals surface area contributed by atoms with Gasteiger partial charge in [-0.25, -0.2) is 9.59 Å². The zero-order valence-electron chi connectivity index (χ0n) is 18.5. The van der Waals surface area contributed by atoms with Crippen LogP contribution in [-0.4, -0.2) is 93.5 Å². The van der Waals surface area contributed by atoms with Gasteiger partial charge >= 0.3 is 12.1 Å². The Labute approximate surface area is 191 Å². The number of ether oxygens (including phenoxy) is 3. The van der Waals surface area contributed by atoms with E-state index in [4.69, 9.17) is 14.2 Å². The molecule has 11 heteroatoms. The van der Waals surface area contributed by atoms with E-state index >= 15 is 0 Å². The number of aliphatic hydroxyl groups is 3. The average Bonchev–Trinajstić information content (AvgIpc) is 3.12. The summed E-state index contributed by atoms with van der Waals surface area (Å²) in [4.78, 5) is 25.4. The van der Waals surface area contributed by atoms with Gasteiger partial charge in [0.2, 0.25) is 5.79 Å². The van der Waals surface area contributed by atoms with E-state index in [9.17, 15) is 30.0 Å². The van der Waals surface area contributed by atoms with Crippen molar-refractivity contribution in [2.24, 2.45) is 0 Å². The van der Waals surface area contributed by atoms with Crippen molar-refractivity contribution < 1.29 is 44.2 Å².